The molecular weight excluding hydrogens is 224 g/mol. The average Bonchev–Trinajstić information content (AvgIpc) is 2.46. The van der Waals surface area contributed by atoms with Crippen LogP contribution in [-0.4, -0.2) is 16.5 Å². The van der Waals surface area contributed by atoms with Crippen molar-refractivity contribution in [2.24, 2.45) is 0 Å². The van der Waals surface area contributed by atoms with Crippen molar-refractivity contribution in [2.45, 2.75) is 19.5 Å². The maximum atomic E-state index is 4.34. The highest BCUT2D eigenvalue weighted by Gasteiger charge is 2.14. The minimum atomic E-state index is 0.796. The number of aromatic nitrogens is 2. The molecule has 1 aromatic heterocycles. The van der Waals surface area contributed by atoms with Gasteiger partial charge in [-0.2, -0.15) is 0 Å². The first-order chi connectivity index (χ1) is 8.93. The van der Waals surface area contributed by atoms with Gasteiger partial charge in [0.05, 0.1) is 5.69 Å². The van der Waals surface area contributed by atoms with E-state index in [1.165, 1.54) is 16.8 Å². The first kappa shape index (κ1) is 11.2. The summed E-state index contributed by atoms with van der Waals surface area (Å²) in [7, 11) is 0. The summed E-state index contributed by atoms with van der Waals surface area (Å²) in [5.74, 6) is 0.955. The van der Waals surface area contributed by atoms with Crippen LogP contribution in [0.5, 0.6) is 0 Å². The predicted octanol–water partition coefficient (Wildman–Crippen LogP) is 1.73. The largest absolute Gasteiger partial charge is 0.366 e. The van der Waals surface area contributed by atoms with Crippen LogP contribution < -0.4 is 10.6 Å². The summed E-state index contributed by atoms with van der Waals surface area (Å²) in [4.78, 5) is 8.69. The van der Waals surface area contributed by atoms with E-state index < -0.39 is 0 Å². The highest BCUT2D eigenvalue weighted by Crippen LogP contribution is 2.18. The molecule has 1 aromatic carbocycles. The highest BCUT2D eigenvalue weighted by atomic mass is 15.0. The van der Waals surface area contributed by atoms with Crippen LogP contribution in [0.2, 0.25) is 0 Å². The molecule has 1 aliphatic heterocycles. The lowest BCUT2D eigenvalue weighted by Gasteiger charge is -2.19. The molecule has 3 rings (SSSR count). The van der Waals surface area contributed by atoms with E-state index in [9.17, 15) is 0 Å². The molecule has 2 N–H and O–H groups in total. The third kappa shape index (κ3) is 2.33. The van der Waals surface area contributed by atoms with Gasteiger partial charge in [-0.3, -0.25) is 0 Å². The van der Waals surface area contributed by atoms with Crippen molar-refractivity contribution in [3.8, 4) is 0 Å². The van der Waals surface area contributed by atoms with E-state index in [-0.39, 0.29) is 0 Å². The van der Waals surface area contributed by atoms with Crippen LogP contribution in [0.3, 0.4) is 0 Å². The van der Waals surface area contributed by atoms with Crippen molar-refractivity contribution < 1.29 is 0 Å². The third-order valence-electron chi connectivity index (χ3n) is 3.18. The van der Waals surface area contributed by atoms with Gasteiger partial charge in [0.25, 0.3) is 0 Å². The molecular formula is C14H16N4. The van der Waals surface area contributed by atoms with E-state index in [2.05, 4.69) is 32.7 Å². The second-order valence-corrected chi connectivity index (χ2v) is 4.41. The van der Waals surface area contributed by atoms with Crippen molar-refractivity contribution in [1.29, 1.82) is 0 Å². The molecule has 0 aliphatic carbocycles. The van der Waals surface area contributed by atoms with Gasteiger partial charge in [0.2, 0.25) is 0 Å². The number of benzene rings is 1. The summed E-state index contributed by atoms with van der Waals surface area (Å²) in [5, 5.41) is 6.76. The van der Waals surface area contributed by atoms with E-state index in [1.54, 1.807) is 6.33 Å². The standard InChI is InChI=1S/C14H16N4/c1-2-4-11(5-3-1)8-16-14-12-9-15-7-6-13(12)17-10-18-14/h1-5,10,15H,6-9H2,(H,16,17,18). The Balaban J connectivity index is 1.77. The van der Waals surface area contributed by atoms with E-state index in [1.807, 2.05) is 18.2 Å². The quantitative estimate of drug-likeness (QED) is 0.858. The summed E-state index contributed by atoms with van der Waals surface area (Å²) < 4.78 is 0. The van der Waals surface area contributed by atoms with Crippen LogP contribution in [0.4, 0.5) is 5.82 Å². The maximum absolute atomic E-state index is 4.34. The fourth-order valence-corrected chi connectivity index (χ4v) is 2.20. The fourth-order valence-electron chi connectivity index (χ4n) is 2.20. The topological polar surface area (TPSA) is 49.8 Å². The van der Waals surface area contributed by atoms with Gasteiger partial charge in [0, 0.05) is 31.6 Å². The number of rotatable bonds is 3. The van der Waals surface area contributed by atoms with Gasteiger partial charge in [0.1, 0.15) is 12.1 Å². The maximum Gasteiger partial charge on any atom is 0.134 e. The first-order valence-electron chi connectivity index (χ1n) is 6.25. The Morgan fingerprint density at radius 1 is 1.17 bits per heavy atom. The Bertz CT molecular complexity index is 525. The molecule has 2 aromatic rings. The van der Waals surface area contributed by atoms with E-state index in [0.29, 0.717) is 0 Å². The smallest absolute Gasteiger partial charge is 0.134 e. The lowest BCUT2D eigenvalue weighted by molar-refractivity contribution is 0.627. The normalized spacial score (nSPS) is 14.0. The van der Waals surface area contributed by atoms with E-state index in [4.69, 9.17) is 0 Å². The van der Waals surface area contributed by atoms with Gasteiger partial charge in [-0.15, -0.1) is 0 Å². The third-order valence-corrected chi connectivity index (χ3v) is 3.18. The summed E-state index contributed by atoms with van der Waals surface area (Å²) >= 11 is 0. The average molecular weight is 240 g/mol. The van der Waals surface area contributed by atoms with Gasteiger partial charge in [-0.1, -0.05) is 30.3 Å². The molecule has 92 valence electrons. The van der Waals surface area contributed by atoms with Gasteiger partial charge < -0.3 is 10.6 Å². The molecule has 18 heavy (non-hydrogen) atoms. The van der Waals surface area contributed by atoms with Crippen molar-refractivity contribution in [1.82, 2.24) is 15.3 Å². The molecule has 0 bridgehead atoms. The van der Waals surface area contributed by atoms with Crippen molar-refractivity contribution in [3.05, 3.63) is 53.5 Å². The number of nitrogens with zero attached hydrogens (tertiary/aromatic N) is 2. The molecule has 0 saturated heterocycles. The van der Waals surface area contributed by atoms with E-state index in [0.717, 1.165) is 31.9 Å². The molecule has 0 atom stereocenters. The second kappa shape index (κ2) is 5.14. The van der Waals surface area contributed by atoms with Crippen LogP contribution in [0.25, 0.3) is 0 Å². The molecule has 4 nitrogen and oxygen atoms in total. The lowest BCUT2D eigenvalue weighted by Crippen LogP contribution is -2.26. The summed E-state index contributed by atoms with van der Waals surface area (Å²) in [5.41, 5.74) is 3.63. The molecule has 0 spiro atoms. The Morgan fingerprint density at radius 3 is 2.94 bits per heavy atom. The Hall–Kier alpha value is -1.94. The van der Waals surface area contributed by atoms with Crippen LogP contribution in [0, 0.1) is 0 Å². The number of hydrogen-bond donors (Lipinski definition) is 2. The SMILES string of the molecule is c1ccc(CNc2ncnc3c2CNCC3)cc1. The summed E-state index contributed by atoms with van der Waals surface area (Å²) in [6, 6.07) is 10.3. The van der Waals surface area contributed by atoms with E-state index >= 15 is 0 Å². The zero-order valence-electron chi connectivity index (χ0n) is 10.2. The second-order valence-electron chi connectivity index (χ2n) is 4.41. The summed E-state index contributed by atoms with van der Waals surface area (Å²) in [6.07, 6.45) is 2.63. The molecule has 2 heterocycles. The zero-order valence-corrected chi connectivity index (χ0v) is 10.2. The number of anilines is 1. The van der Waals surface area contributed by atoms with Gasteiger partial charge >= 0.3 is 0 Å². The monoisotopic (exact) mass is 240 g/mol. The van der Waals surface area contributed by atoms with Gasteiger partial charge in [-0.05, 0) is 5.56 Å². The highest BCUT2D eigenvalue weighted by molar-refractivity contribution is 5.47. The van der Waals surface area contributed by atoms with Crippen molar-refractivity contribution >= 4 is 5.82 Å². The Morgan fingerprint density at radius 2 is 2.06 bits per heavy atom. The predicted molar refractivity (Wildman–Crippen MR) is 71.2 cm³/mol. The van der Waals surface area contributed by atoms with Crippen LogP contribution in [0.15, 0.2) is 36.7 Å². The van der Waals surface area contributed by atoms with Crippen LogP contribution >= 0.6 is 0 Å². The summed E-state index contributed by atoms with van der Waals surface area (Å²) in [6.45, 7) is 2.65. The fraction of sp³-hybridized carbons (Fsp3) is 0.286. The first-order valence-corrected chi connectivity index (χ1v) is 6.25. The van der Waals surface area contributed by atoms with Crippen LogP contribution in [-0.2, 0) is 19.5 Å². The molecule has 4 heteroatoms. The molecule has 0 saturated carbocycles. The van der Waals surface area contributed by atoms with Gasteiger partial charge in [-0.25, -0.2) is 9.97 Å². The Labute approximate surface area is 106 Å². The van der Waals surface area contributed by atoms with Crippen LogP contribution in [0.1, 0.15) is 16.8 Å². The molecule has 0 amide bonds. The molecule has 1 aliphatic rings. The zero-order chi connectivity index (χ0) is 12.2. The Kier molecular flexibility index (Phi) is 3.19. The molecule has 0 fully saturated rings. The minimum Gasteiger partial charge on any atom is -0.366 e. The van der Waals surface area contributed by atoms with Crippen molar-refractivity contribution in [3.63, 3.8) is 0 Å². The van der Waals surface area contributed by atoms with Gasteiger partial charge in [0.15, 0.2) is 0 Å². The minimum absolute atomic E-state index is 0.796. The van der Waals surface area contributed by atoms with Crippen molar-refractivity contribution in [2.75, 3.05) is 11.9 Å². The lowest BCUT2D eigenvalue weighted by atomic mass is 10.1. The number of nitrogens with one attached hydrogen (secondary N) is 2. The molecule has 0 radical (unpaired) electrons. The number of hydrogen-bond acceptors (Lipinski definition) is 4. The number of fused-ring (bicyclic) bond motifs is 1. The molecule has 0 unspecified atom stereocenters.